The maximum atomic E-state index is 6.38. The van der Waals surface area contributed by atoms with Crippen LogP contribution < -0.4 is 4.74 Å². The molecule has 160 valence electrons. The summed E-state index contributed by atoms with van der Waals surface area (Å²) in [6.07, 6.45) is 2.21. The number of aliphatic imine (C=N–C) groups is 1. The predicted octanol–water partition coefficient (Wildman–Crippen LogP) is 7.58. The molecule has 0 bridgehead atoms. The van der Waals surface area contributed by atoms with Crippen molar-refractivity contribution in [3.05, 3.63) is 149 Å². The third kappa shape index (κ3) is 4.56. The van der Waals surface area contributed by atoms with Crippen LogP contribution in [-0.4, -0.2) is 5.71 Å². The molecule has 0 aromatic heterocycles. The van der Waals surface area contributed by atoms with E-state index in [9.17, 15) is 0 Å². The van der Waals surface area contributed by atoms with E-state index in [4.69, 9.17) is 9.73 Å². The van der Waals surface area contributed by atoms with Crippen molar-refractivity contribution in [1.82, 2.24) is 0 Å². The number of hydrogen-bond acceptors (Lipinski definition) is 2. The first kappa shape index (κ1) is 20.7. The Morgan fingerprint density at radius 1 is 0.727 bits per heavy atom. The van der Waals surface area contributed by atoms with Crippen LogP contribution in [0.4, 0.5) is 0 Å². The zero-order valence-corrected chi connectivity index (χ0v) is 18.6. The smallest absolute Gasteiger partial charge is 0.138 e. The van der Waals surface area contributed by atoms with Crippen LogP contribution in [0.15, 0.2) is 132 Å². The molecule has 33 heavy (non-hydrogen) atoms. The summed E-state index contributed by atoms with van der Waals surface area (Å²) in [5, 5.41) is 0. The highest BCUT2D eigenvalue weighted by Crippen LogP contribution is 2.41. The Kier molecular flexibility index (Phi) is 5.99. The minimum Gasteiger partial charge on any atom is -0.456 e. The molecule has 4 aromatic rings. The van der Waals surface area contributed by atoms with Crippen molar-refractivity contribution in [2.45, 2.75) is 13.5 Å². The van der Waals surface area contributed by atoms with Crippen LogP contribution >= 0.6 is 0 Å². The summed E-state index contributed by atoms with van der Waals surface area (Å²) in [7, 11) is 0. The fourth-order valence-corrected chi connectivity index (χ4v) is 4.07. The van der Waals surface area contributed by atoms with Gasteiger partial charge in [-0.05, 0) is 35.8 Å². The SMILES string of the molecule is CC1=C(c2ccccc2)Oc2ccccc2/C1=C/C(=NCc1ccccc1)c1ccccc1. The van der Waals surface area contributed by atoms with Gasteiger partial charge in [-0.25, -0.2) is 0 Å². The van der Waals surface area contributed by atoms with E-state index in [1.54, 1.807) is 0 Å². The molecule has 4 aromatic carbocycles. The molecule has 0 atom stereocenters. The number of rotatable bonds is 5. The predicted molar refractivity (Wildman–Crippen MR) is 137 cm³/mol. The van der Waals surface area contributed by atoms with Crippen molar-refractivity contribution in [3.63, 3.8) is 0 Å². The fourth-order valence-electron chi connectivity index (χ4n) is 4.07. The molecule has 2 heteroatoms. The first-order valence-electron chi connectivity index (χ1n) is 11.2. The van der Waals surface area contributed by atoms with Crippen molar-refractivity contribution in [2.24, 2.45) is 4.99 Å². The molecule has 0 N–H and O–H groups in total. The molecular weight excluding hydrogens is 402 g/mol. The Morgan fingerprint density at radius 2 is 1.33 bits per heavy atom. The van der Waals surface area contributed by atoms with Gasteiger partial charge in [0.15, 0.2) is 0 Å². The molecule has 5 rings (SSSR count). The number of hydrogen-bond donors (Lipinski definition) is 0. The maximum absolute atomic E-state index is 6.38. The Hall–Kier alpha value is -4.17. The van der Waals surface area contributed by atoms with Gasteiger partial charge in [0.1, 0.15) is 11.5 Å². The monoisotopic (exact) mass is 427 g/mol. The number of fused-ring (bicyclic) bond motifs is 1. The van der Waals surface area contributed by atoms with Gasteiger partial charge >= 0.3 is 0 Å². The first-order chi connectivity index (χ1) is 16.3. The summed E-state index contributed by atoms with van der Waals surface area (Å²) in [6.45, 7) is 2.76. The van der Waals surface area contributed by atoms with Gasteiger partial charge in [0.05, 0.1) is 12.3 Å². The molecule has 0 saturated carbocycles. The number of ether oxygens (including phenoxy) is 1. The second-order valence-corrected chi connectivity index (χ2v) is 8.03. The van der Waals surface area contributed by atoms with E-state index < -0.39 is 0 Å². The number of para-hydroxylation sites is 1. The van der Waals surface area contributed by atoms with E-state index in [2.05, 4.69) is 85.8 Å². The quantitative estimate of drug-likeness (QED) is 0.301. The highest BCUT2D eigenvalue weighted by Gasteiger charge is 2.23. The molecule has 0 amide bonds. The molecule has 0 unspecified atom stereocenters. The zero-order valence-electron chi connectivity index (χ0n) is 18.6. The van der Waals surface area contributed by atoms with Gasteiger partial charge in [-0.2, -0.15) is 0 Å². The van der Waals surface area contributed by atoms with Crippen molar-refractivity contribution < 1.29 is 4.74 Å². The van der Waals surface area contributed by atoms with Crippen LogP contribution in [0.1, 0.15) is 29.2 Å². The van der Waals surface area contributed by atoms with Gasteiger partial charge in [0.25, 0.3) is 0 Å². The summed E-state index contributed by atoms with van der Waals surface area (Å²) in [6, 6.07) is 39.3. The lowest BCUT2D eigenvalue weighted by Gasteiger charge is -2.25. The van der Waals surface area contributed by atoms with Crippen LogP contribution in [0, 0.1) is 0 Å². The fraction of sp³-hybridized carbons (Fsp3) is 0.0645. The number of allylic oxidation sites excluding steroid dienone is 3. The van der Waals surface area contributed by atoms with Gasteiger partial charge in [-0.3, -0.25) is 4.99 Å². The lowest BCUT2D eigenvalue weighted by Crippen LogP contribution is -2.09. The third-order valence-corrected chi connectivity index (χ3v) is 5.80. The number of benzene rings is 4. The molecule has 0 saturated heterocycles. The third-order valence-electron chi connectivity index (χ3n) is 5.80. The first-order valence-corrected chi connectivity index (χ1v) is 11.2. The molecule has 0 fully saturated rings. The van der Waals surface area contributed by atoms with Crippen molar-refractivity contribution >= 4 is 17.0 Å². The molecule has 0 spiro atoms. The van der Waals surface area contributed by atoms with E-state index in [-0.39, 0.29) is 0 Å². The molecule has 1 aliphatic heterocycles. The lowest BCUT2D eigenvalue weighted by atomic mass is 9.91. The summed E-state index contributed by atoms with van der Waals surface area (Å²) in [5.41, 5.74) is 7.62. The average molecular weight is 428 g/mol. The molecule has 1 aliphatic rings. The van der Waals surface area contributed by atoms with Crippen LogP contribution in [0.5, 0.6) is 5.75 Å². The topological polar surface area (TPSA) is 21.6 Å². The zero-order chi connectivity index (χ0) is 22.5. The van der Waals surface area contributed by atoms with Crippen molar-refractivity contribution in [3.8, 4) is 5.75 Å². The summed E-state index contributed by atoms with van der Waals surface area (Å²) in [4.78, 5) is 5.04. The van der Waals surface area contributed by atoms with Crippen LogP contribution in [0.2, 0.25) is 0 Å². The van der Waals surface area contributed by atoms with Crippen LogP contribution in [0.3, 0.4) is 0 Å². The van der Waals surface area contributed by atoms with Crippen molar-refractivity contribution in [2.75, 3.05) is 0 Å². The van der Waals surface area contributed by atoms with E-state index >= 15 is 0 Å². The van der Waals surface area contributed by atoms with E-state index in [1.807, 2.05) is 42.5 Å². The van der Waals surface area contributed by atoms with Gasteiger partial charge in [0, 0.05) is 16.7 Å². The Morgan fingerprint density at radius 3 is 2.06 bits per heavy atom. The molecule has 2 nitrogen and oxygen atoms in total. The summed E-state index contributed by atoms with van der Waals surface area (Å²) >= 11 is 0. The van der Waals surface area contributed by atoms with Crippen LogP contribution in [-0.2, 0) is 6.54 Å². The molecule has 1 heterocycles. The number of nitrogens with zero attached hydrogens (tertiary/aromatic N) is 1. The van der Waals surface area contributed by atoms with E-state index in [1.165, 1.54) is 5.56 Å². The highest BCUT2D eigenvalue weighted by atomic mass is 16.5. The van der Waals surface area contributed by atoms with Gasteiger partial charge in [-0.1, -0.05) is 109 Å². The average Bonchev–Trinajstić information content (AvgIpc) is 2.89. The van der Waals surface area contributed by atoms with E-state index in [0.29, 0.717) is 6.54 Å². The lowest BCUT2D eigenvalue weighted by molar-refractivity contribution is 0.505. The standard InChI is InChI=1S/C31H25NO/c1-23-28(27-19-11-12-20-30(27)33-31(23)26-17-9-4-10-18-26)21-29(25-15-7-3-8-16-25)32-22-24-13-5-2-6-14-24/h2-21H,22H2,1H3/b28-21+,32-29?. The summed E-state index contributed by atoms with van der Waals surface area (Å²) in [5.74, 6) is 1.75. The van der Waals surface area contributed by atoms with Gasteiger partial charge in [-0.15, -0.1) is 0 Å². The minimum absolute atomic E-state index is 0.626. The second kappa shape index (κ2) is 9.54. The van der Waals surface area contributed by atoms with E-state index in [0.717, 1.165) is 45.1 Å². The Bertz CT molecular complexity index is 1330. The van der Waals surface area contributed by atoms with Gasteiger partial charge in [0.2, 0.25) is 0 Å². The molecule has 0 aliphatic carbocycles. The highest BCUT2D eigenvalue weighted by molar-refractivity contribution is 6.14. The Balaban J connectivity index is 1.66. The van der Waals surface area contributed by atoms with Crippen molar-refractivity contribution in [1.29, 1.82) is 0 Å². The minimum atomic E-state index is 0.626. The second-order valence-electron chi connectivity index (χ2n) is 8.03. The summed E-state index contributed by atoms with van der Waals surface area (Å²) < 4.78 is 6.38. The Labute approximate surface area is 195 Å². The maximum Gasteiger partial charge on any atom is 0.138 e. The normalized spacial score (nSPS) is 14.7. The largest absolute Gasteiger partial charge is 0.456 e. The molecular formula is C31H25NO. The van der Waals surface area contributed by atoms with Gasteiger partial charge < -0.3 is 4.74 Å². The van der Waals surface area contributed by atoms with Crippen LogP contribution in [0.25, 0.3) is 11.3 Å². The molecule has 0 radical (unpaired) electrons.